The highest BCUT2D eigenvalue weighted by molar-refractivity contribution is 6.20. The molecule has 4 nitrogen and oxygen atoms in total. The van der Waals surface area contributed by atoms with E-state index >= 15 is 0 Å². The third-order valence-electron chi connectivity index (χ3n) is 2.35. The standard InChI is InChI=1S/C12H6BF4O4/c14-5-3-11(7(16)1-9(5)18)20-13-21-12-4-6(15)10(19)2-8(12)17/h1-4,18-19H. The molecule has 0 fully saturated rings. The molecule has 0 unspecified atom stereocenters. The van der Waals surface area contributed by atoms with E-state index in [0.29, 0.717) is 32.0 Å². The lowest BCUT2D eigenvalue weighted by atomic mass is 10.2. The van der Waals surface area contributed by atoms with Crippen molar-refractivity contribution in [1.82, 2.24) is 0 Å². The van der Waals surface area contributed by atoms with Gasteiger partial charge in [0.15, 0.2) is 34.8 Å². The summed E-state index contributed by atoms with van der Waals surface area (Å²) >= 11 is 0. The molecule has 109 valence electrons. The fraction of sp³-hybridized carbons (Fsp3) is 0. The predicted octanol–water partition coefficient (Wildman–Crippen LogP) is 2.65. The van der Waals surface area contributed by atoms with E-state index in [2.05, 4.69) is 9.31 Å². The van der Waals surface area contributed by atoms with Crippen LogP contribution in [0.25, 0.3) is 0 Å². The number of rotatable bonds is 4. The molecule has 0 aliphatic heterocycles. The van der Waals surface area contributed by atoms with E-state index in [1.165, 1.54) is 0 Å². The molecule has 0 saturated heterocycles. The van der Waals surface area contributed by atoms with Crippen molar-refractivity contribution in [1.29, 1.82) is 0 Å². The van der Waals surface area contributed by atoms with E-state index < -0.39 is 46.3 Å². The summed E-state index contributed by atoms with van der Waals surface area (Å²) in [5, 5.41) is 17.8. The molecular formula is C12H6BF4O4. The molecule has 0 aliphatic rings. The Morgan fingerprint density at radius 2 is 1.05 bits per heavy atom. The summed E-state index contributed by atoms with van der Waals surface area (Å²) in [5.74, 6) is -7.55. The van der Waals surface area contributed by atoms with Crippen LogP contribution in [0.4, 0.5) is 17.6 Å². The Bertz CT molecular complexity index is 623. The third-order valence-corrected chi connectivity index (χ3v) is 2.35. The van der Waals surface area contributed by atoms with Crippen LogP contribution >= 0.6 is 0 Å². The van der Waals surface area contributed by atoms with Gasteiger partial charge in [0.2, 0.25) is 0 Å². The zero-order valence-electron chi connectivity index (χ0n) is 10.1. The van der Waals surface area contributed by atoms with Crippen molar-refractivity contribution in [3.63, 3.8) is 0 Å². The number of benzene rings is 2. The maximum atomic E-state index is 13.3. The minimum absolute atomic E-state index is 0.434. The molecule has 0 aliphatic carbocycles. The van der Waals surface area contributed by atoms with Crippen molar-refractivity contribution < 1.29 is 37.1 Å². The molecule has 21 heavy (non-hydrogen) atoms. The fourth-order valence-corrected chi connectivity index (χ4v) is 1.34. The third kappa shape index (κ3) is 3.30. The molecule has 0 aromatic heterocycles. The first kappa shape index (κ1) is 14.8. The molecule has 0 heterocycles. The topological polar surface area (TPSA) is 58.9 Å². The minimum Gasteiger partial charge on any atom is -0.524 e. The lowest BCUT2D eigenvalue weighted by Crippen LogP contribution is -2.13. The van der Waals surface area contributed by atoms with E-state index in [9.17, 15) is 17.6 Å². The molecule has 2 rings (SSSR count). The minimum atomic E-state index is -1.14. The van der Waals surface area contributed by atoms with E-state index in [4.69, 9.17) is 10.2 Å². The van der Waals surface area contributed by atoms with Crippen LogP contribution in [-0.2, 0) is 0 Å². The average molecular weight is 301 g/mol. The second-order valence-corrected chi connectivity index (χ2v) is 3.80. The fourth-order valence-electron chi connectivity index (χ4n) is 1.34. The Morgan fingerprint density at radius 1 is 0.667 bits per heavy atom. The van der Waals surface area contributed by atoms with Gasteiger partial charge in [-0.15, -0.1) is 0 Å². The molecule has 0 amide bonds. The highest BCUT2D eigenvalue weighted by atomic mass is 19.1. The molecule has 2 N–H and O–H groups in total. The second-order valence-electron chi connectivity index (χ2n) is 3.80. The van der Waals surface area contributed by atoms with Crippen LogP contribution in [0.15, 0.2) is 24.3 Å². The molecule has 0 saturated carbocycles. The van der Waals surface area contributed by atoms with Gasteiger partial charge in [-0.2, -0.15) is 0 Å². The number of halogens is 4. The van der Waals surface area contributed by atoms with E-state index in [-0.39, 0.29) is 0 Å². The van der Waals surface area contributed by atoms with Crippen LogP contribution in [0.1, 0.15) is 0 Å². The van der Waals surface area contributed by atoms with Crippen molar-refractivity contribution in [2.24, 2.45) is 0 Å². The zero-order chi connectivity index (χ0) is 15.6. The summed E-state index contributed by atoms with van der Waals surface area (Å²) < 4.78 is 61.6. The smallest absolute Gasteiger partial charge is 0.524 e. The Balaban J connectivity index is 2.05. The predicted molar refractivity (Wildman–Crippen MR) is 63.1 cm³/mol. The monoisotopic (exact) mass is 301 g/mol. The van der Waals surface area contributed by atoms with Crippen LogP contribution in [0, 0.1) is 23.3 Å². The van der Waals surface area contributed by atoms with Crippen molar-refractivity contribution in [3.8, 4) is 23.0 Å². The normalized spacial score (nSPS) is 10.3. The van der Waals surface area contributed by atoms with Gasteiger partial charge in [-0.25, -0.2) is 17.6 Å². The van der Waals surface area contributed by atoms with Crippen molar-refractivity contribution in [2.45, 2.75) is 0 Å². The molecule has 2 aromatic rings. The van der Waals surface area contributed by atoms with Crippen LogP contribution in [0.5, 0.6) is 23.0 Å². The highest BCUT2D eigenvalue weighted by Gasteiger charge is 2.15. The van der Waals surface area contributed by atoms with Gasteiger partial charge in [-0.3, -0.25) is 0 Å². The van der Waals surface area contributed by atoms with Gasteiger partial charge in [-0.05, 0) is 0 Å². The van der Waals surface area contributed by atoms with E-state index in [1.54, 1.807) is 0 Å². The summed E-state index contributed by atoms with van der Waals surface area (Å²) in [5.41, 5.74) is 0. The Hall–Kier alpha value is -2.58. The van der Waals surface area contributed by atoms with Gasteiger partial charge in [0.1, 0.15) is 11.5 Å². The summed E-state index contributed by atoms with van der Waals surface area (Å²) in [4.78, 5) is 0. The summed E-state index contributed by atoms with van der Waals surface area (Å²) in [6, 6.07) is 2.02. The second kappa shape index (κ2) is 5.82. The Labute approximate surface area is 116 Å². The van der Waals surface area contributed by atoms with Crippen LogP contribution in [0.2, 0.25) is 0 Å². The lowest BCUT2D eigenvalue weighted by molar-refractivity contribution is 0.393. The van der Waals surface area contributed by atoms with Gasteiger partial charge in [0, 0.05) is 24.3 Å². The van der Waals surface area contributed by atoms with Crippen molar-refractivity contribution in [3.05, 3.63) is 47.5 Å². The van der Waals surface area contributed by atoms with Crippen LogP contribution in [-0.4, -0.2) is 17.9 Å². The molecular weight excluding hydrogens is 295 g/mol. The first-order valence-electron chi connectivity index (χ1n) is 5.39. The van der Waals surface area contributed by atoms with Crippen LogP contribution < -0.4 is 9.31 Å². The van der Waals surface area contributed by atoms with Gasteiger partial charge < -0.3 is 19.5 Å². The molecule has 0 atom stereocenters. The summed E-state index contributed by atoms with van der Waals surface area (Å²) in [6.07, 6.45) is 0. The molecule has 2 aromatic carbocycles. The maximum absolute atomic E-state index is 13.3. The van der Waals surface area contributed by atoms with Crippen molar-refractivity contribution in [2.75, 3.05) is 0 Å². The first-order chi connectivity index (χ1) is 9.88. The van der Waals surface area contributed by atoms with E-state index in [0.717, 1.165) is 0 Å². The Morgan fingerprint density at radius 3 is 1.43 bits per heavy atom. The van der Waals surface area contributed by atoms with Gasteiger partial charge in [0.25, 0.3) is 0 Å². The average Bonchev–Trinajstić information content (AvgIpc) is 2.41. The SMILES string of the molecule is Oc1cc(F)c(O[B]Oc2cc(F)c(O)cc2F)cc1F. The van der Waals surface area contributed by atoms with Crippen molar-refractivity contribution >= 4 is 7.69 Å². The lowest BCUT2D eigenvalue weighted by Gasteiger charge is -2.09. The number of hydrogen-bond acceptors (Lipinski definition) is 4. The molecule has 9 heteroatoms. The van der Waals surface area contributed by atoms with Gasteiger partial charge >= 0.3 is 7.69 Å². The summed E-state index contributed by atoms with van der Waals surface area (Å²) in [7, 11) is 0.434. The van der Waals surface area contributed by atoms with Gasteiger partial charge in [-0.1, -0.05) is 0 Å². The maximum Gasteiger partial charge on any atom is 0.658 e. The zero-order valence-corrected chi connectivity index (χ0v) is 10.1. The molecule has 0 spiro atoms. The number of hydrogen-bond donors (Lipinski definition) is 2. The van der Waals surface area contributed by atoms with Crippen LogP contribution in [0.3, 0.4) is 0 Å². The number of aromatic hydroxyl groups is 2. The van der Waals surface area contributed by atoms with E-state index in [1.807, 2.05) is 0 Å². The quantitative estimate of drug-likeness (QED) is 0.673. The highest BCUT2D eigenvalue weighted by Crippen LogP contribution is 2.27. The molecule has 0 bridgehead atoms. The first-order valence-corrected chi connectivity index (χ1v) is 5.39. The van der Waals surface area contributed by atoms with Gasteiger partial charge in [0.05, 0.1) is 0 Å². The summed E-state index contributed by atoms with van der Waals surface area (Å²) in [6.45, 7) is 0. The Kier molecular flexibility index (Phi) is 4.11. The number of phenolic OH excluding ortho intramolecular Hbond substituents is 2. The largest absolute Gasteiger partial charge is 0.658 e. The molecule has 1 radical (unpaired) electrons. The number of phenols is 2.